The molecule has 3 saturated heterocycles. The molecule has 3 aliphatic rings. The van der Waals surface area contributed by atoms with Gasteiger partial charge in [0.15, 0.2) is 24.1 Å². The van der Waals surface area contributed by atoms with Crippen molar-refractivity contribution in [2.24, 2.45) is 11.8 Å². The molecule has 9 unspecified atom stereocenters. The molecule has 3 fully saturated rings. The van der Waals surface area contributed by atoms with E-state index in [2.05, 4.69) is 0 Å². The largest absolute Gasteiger partial charge is 0.504 e. The van der Waals surface area contributed by atoms with Crippen molar-refractivity contribution in [3.05, 3.63) is 23.8 Å². The zero-order valence-corrected chi connectivity index (χ0v) is 15.8. The quantitative estimate of drug-likeness (QED) is 0.401. The second-order valence-corrected chi connectivity index (χ2v) is 7.55. The molecule has 0 bridgehead atoms. The van der Waals surface area contributed by atoms with Gasteiger partial charge in [0.05, 0.1) is 33.0 Å². The standard InChI is InChI=1S/C19H26O10/c1-25-12-4-8(2-3-11(12)21)17-9-6-27-18(10(9)7-26-17)29-19-16(24)15(23)14(22)13(5-20)28-19/h2-4,9-10,13-24H,5-7H2,1H3. The van der Waals surface area contributed by atoms with Crippen LogP contribution in [0.1, 0.15) is 11.7 Å². The monoisotopic (exact) mass is 414 g/mol. The average Bonchev–Trinajstić information content (AvgIpc) is 3.31. The minimum Gasteiger partial charge on any atom is -0.504 e. The Morgan fingerprint density at radius 2 is 1.76 bits per heavy atom. The first-order chi connectivity index (χ1) is 13.9. The number of ether oxygens (including phenoxy) is 5. The molecule has 0 saturated carbocycles. The molecule has 1 aromatic rings. The van der Waals surface area contributed by atoms with Crippen molar-refractivity contribution in [2.45, 2.75) is 43.1 Å². The van der Waals surface area contributed by atoms with Crippen LogP contribution in [0.15, 0.2) is 18.2 Å². The molecule has 3 heterocycles. The first-order valence-corrected chi connectivity index (χ1v) is 9.50. The van der Waals surface area contributed by atoms with Crippen LogP contribution in [0.2, 0.25) is 0 Å². The molecule has 29 heavy (non-hydrogen) atoms. The van der Waals surface area contributed by atoms with Crippen molar-refractivity contribution in [1.29, 1.82) is 0 Å². The second-order valence-electron chi connectivity index (χ2n) is 7.55. The van der Waals surface area contributed by atoms with E-state index in [9.17, 15) is 25.5 Å². The van der Waals surface area contributed by atoms with E-state index in [1.165, 1.54) is 7.11 Å². The predicted octanol–water partition coefficient (Wildman–Crippen LogP) is -1.12. The Bertz CT molecular complexity index is 712. The van der Waals surface area contributed by atoms with Crippen LogP contribution >= 0.6 is 0 Å². The van der Waals surface area contributed by atoms with Crippen LogP contribution in [0.25, 0.3) is 0 Å². The van der Waals surface area contributed by atoms with Crippen LogP contribution in [0.5, 0.6) is 11.5 Å². The lowest BCUT2D eigenvalue weighted by molar-refractivity contribution is -0.336. The Morgan fingerprint density at radius 3 is 2.48 bits per heavy atom. The molecule has 3 aliphatic heterocycles. The van der Waals surface area contributed by atoms with E-state index in [-0.39, 0.29) is 23.7 Å². The highest BCUT2D eigenvalue weighted by molar-refractivity contribution is 5.42. The first kappa shape index (κ1) is 20.8. The van der Waals surface area contributed by atoms with Crippen molar-refractivity contribution in [3.63, 3.8) is 0 Å². The minimum atomic E-state index is -1.51. The fraction of sp³-hybridized carbons (Fsp3) is 0.684. The Morgan fingerprint density at radius 1 is 1.00 bits per heavy atom. The average molecular weight is 414 g/mol. The summed E-state index contributed by atoms with van der Waals surface area (Å²) in [6, 6.07) is 5.02. The lowest BCUT2D eigenvalue weighted by Crippen LogP contribution is -2.59. The van der Waals surface area contributed by atoms with Crippen molar-refractivity contribution in [1.82, 2.24) is 0 Å². The van der Waals surface area contributed by atoms with Gasteiger partial charge in [-0.3, -0.25) is 0 Å². The lowest BCUT2D eigenvalue weighted by Gasteiger charge is -2.40. The Kier molecular flexibility index (Phi) is 5.96. The maximum Gasteiger partial charge on any atom is 0.189 e. The molecule has 0 aromatic heterocycles. The number of aliphatic hydroxyl groups is 4. The van der Waals surface area contributed by atoms with Crippen molar-refractivity contribution in [2.75, 3.05) is 26.9 Å². The summed E-state index contributed by atoms with van der Waals surface area (Å²) in [7, 11) is 1.47. The van der Waals surface area contributed by atoms with Gasteiger partial charge in [-0.1, -0.05) is 6.07 Å². The maximum absolute atomic E-state index is 10.2. The van der Waals surface area contributed by atoms with E-state index in [4.69, 9.17) is 23.7 Å². The third kappa shape index (κ3) is 3.71. The number of rotatable bonds is 5. The number of phenols is 1. The molecule has 10 nitrogen and oxygen atoms in total. The molecule has 5 N–H and O–H groups in total. The van der Waals surface area contributed by atoms with Gasteiger partial charge >= 0.3 is 0 Å². The van der Waals surface area contributed by atoms with Crippen LogP contribution in [-0.4, -0.2) is 89.5 Å². The van der Waals surface area contributed by atoms with E-state index in [0.29, 0.717) is 19.0 Å². The van der Waals surface area contributed by atoms with Gasteiger partial charge < -0.3 is 49.2 Å². The highest BCUT2D eigenvalue weighted by atomic mass is 16.8. The lowest BCUT2D eigenvalue weighted by atomic mass is 9.89. The van der Waals surface area contributed by atoms with E-state index in [1.54, 1.807) is 18.2 Å². The third-order valence-electron chi connectivity index (χ3n) is 5.86. The van der Waals surface area contributed by atoms with Crippen LogP contribution in [0, 0.1) is 11.8 Å². The van der Waals surface area contributed by atoms with Crippen LogP contribution < -0.4 is 4.74 Å². The highest BCUT2D eigenvalue weighted by Crippen LogP contribution is 2.46. The van der Waals surface area contributed by atoms with Crippen molar-refractivity contribution >= 4 is 0 Å². The van der Waals surface area contributed by atoms with Gasteiger partial charge in [0, 0.05) is 11.8 Å². The first-order valence-electron chi connectivity index (χ1n) is 9.50. The van der Waals surface area contributed by atoms with Gasteiger partial charge in [-0.05, 0) is 17.7 Å². The number of hydrogen-bond donors (Lipinski definition) is 5. The molecule has 0 spiro atoms. The van der Waals surface area contributed by atoms with Gasteiger partial charge in [-0.2, -0.15) is 0 Å². The molecule has 9 atom stereocenters. The maximum atomic E-state index is 10.2. The molecule has 4 rings (SSSR count). The van der Waals surface area contributed by atoms with Crippen LogP contribution in [0.4, 0.5) is 0 Å². The summed E-state index contributed by atoms with van der Waals surface area (Å²) in [6.07, 6.45) is -7.79. The smallest absolute Gasteiger partial charge is 0.189 e. The molecule has 0 aliphatic carbocycles. The number of phenolic OH excluding ortho intramolecular Hbond substituents is 1. The Labute approximate surface area is 167 Å². The second kappa shape index (κ2) is 8.32. The van der Waals surface area contributed by atoms with Crippen LogP contribution in [-0.2, 0) is 18.9 Å². The summed E-state index contributed by atoms with van der Waals surface area (Å²) in [5, 5.41) is 49.1. The van der Waals surface area contributed by atoms with Gasteiger partial charge in [0.2, 0.25) is 0 Å². The van der Waals surface area contributed by atoms with Gasteiger partial charge in [0.25, 0.3) is 0 Å². The predicted molar refractivity (Wildman–Crippen MR) is 94.9 cm³/mol. The Balaban J connectivity index is 1.44. The Hall–Kier alpha value is -1.50. The molecule has 0 amide bonds. The minimum absolute atomic E-state index is 0.0286. The number of aromatic hydroxyl groups is 1. The zero-order valence-electron chi connectivity index (χ0n) is 15.8. The number of benzene rings is 1. The molecular formula is C19H26O10. The highest BCUT2D eigenvalue weighted by Gasteiger charge is 2.51. The molecule has 162 valence electrons. The summed E-state index contributed by atoms with van der Waals surface area (Å²) in [6.45, 7) is 0.164. The van der Waals surface area contributed by atoms with E-state index >= 15 is 0 Å². The fourth-order valence-electron chi connectivity index (χ4n) is 4.17. The van der Waals surface area contributed by atoms with E-state index in [1.807, 2.05) is 0 Å². The molecule has 0 radical (unpaired) electrons. The molecule has 10 heteroatoms. The van der Waals surface area contributed by atoms with Gasteiger partial charge in [0.1, 0.15) is 24.4 Å². The van der Waals surface area contributed by atoms with E-state index < -0.39 is 43.6 Å². The van der Waals surface area contributed by atoms with Crippen molar-refractivity contribution < 1.29 is 49.2 Å². The topological polar surface area (TPSA) is 147 Å². The fourth-order valence-corrected chi connectivity index (χ4v) is 4.17. The summed E-state index contributed by atoms with van der Waals surface area (Å²) in [5.74, 6) is 0.214. The summed E-state index contributed by atoms with van der Waals surface area (Å²) in [4.78, 5) is 0. The number of aliphatic hydroxyl groups excluding tert-OH is 4. The van der Waals surface area contributed by atoms with Gasteiger partial charge in [-0.25, -0.2) is 0 Å². The molecule has 1 aromatic carbocycles. The SMILES string of the molecule is COc1cc(C2OCC3C(OC4OC(CO)C(O)C(O)C4O)OCC23)ccc1O. The van der Waals surface area contributed by atoms with Gasteiger partial charge in [-0.15, -0.1) is 0 Å². The summed E-state index contributed by atoms with van der Waals surface area (Å²) < 4.78 is 28.0. The molecular weight excluding hydrogens is 388 g/mol. The number of fused-ring (bicyclic) bond motifs is 1. The normalized spacial score (nSPS) is 42.0. The number of hydrogen-bond acceptors (Lipinski definition) is 10. The third-order valence-corrected chi connectivity index (χ3v) is 5.86. The zero-order chi connectivity index (χ0) is 20.7. The number of methoxy groups -OCH3 is 1. The summed E-state index contributed by atoms with van der Waals surface area (Å²) in [5.41, 5.74) is 0.837. The van der Waals surface area contributed by atoms with Crippen LogP contribution in [0.3, 0.4) is 0 Å². The van der Waals surface area contributed by atoms with Crippen molar-refractivity contribution in [3.8, 4) is 11.5 Å². The van der Waals surface area contributed by atoms with E-state index in [0.717, 1.165) is 5.56 Å². The summed E-state index contributed by atoms with van der Waals surface area (Å²) >= 11 is 0.